The minimum atomic E-state index is -0.0267. The van der Waals surface area contributed by atoms with Crippen LogP contribution in [0.25, 0.3) is 0 Å². The molecule has 0 aliphatic heterocycles. The van der Waals surface area contributed by atoms with Crippen LogP contribution in [-0.2, 0) is 6.42 Å². The molecule has 1 heterocycles. The number of nitrogens with zero attached hydrogens (tertiary/aromatic N) is 1. The number of aromatic nitrogens is 1. The van der Waals surface area contributed by atoms with Crippen LogP contribution in [0.15, 0.2) is 42.6 Å². The largest absolute Gasteiger partial charge is 0.384 e. The second-order valence-electron chi connectivity index (χ2n) is 3.67. The van der Waals surface area contributed by atoms with Gasteiger partial charge in [-0.3, -0.25) is 4.79 Å². The third-order valence-electron chi connectivity index (χ3n) is 2.38. The second kappa shape index (κ2) is 4.97. The van der Waals surface area contributed by atoms with Crippen LogP contribution in [0, 0.1) is 0 Å². The summed E-state index contributed by atoms with van der Waals surface area (Å²) in [5.74, 6) is 0.385. The normalized spacial score (nSPS) is 10.2. The molecule has 17 heavy (non-hydrogen) atoms. The average Bonchev–Trinajstić information content (AvgIpc) is 2.29. The molecule has 0 aliphatic carbocycles. The van der Waals surface area contributed by atoms with Crippen LogP contribution in [0.2, 0.25) is 5.02 Å². The quantitative estimate of drug-likeness (QED) is 0.848. The van der Waals surface area contributed by atoms with E-state index in [0.717, 1.165) is 5.56 Å². The van der Waals surface area contributed by atoms with Gasteiger partial charge in [-0.25, -0.2) is 4.98 Å². The maximum absolute atomic E-state index is 12.0. The fourth-order valence-electron chi connectivity index (χ4n) is 1.57. The van der Waals surface area contributed by atoms with E-state index in [1.807, 2.05) is 0 Å². The molecule has 0 saturated carbocycles. The van der Waals surface area contributed by atoms with Gasteiger partial charge in [0.05, 0.1) is 5.02 Å². The molecule has 0 bridgehead atoms. The number of rotatable bonds is 3. The Kier molecular flexibility index (Phi) is 3.40. The van der Waals surface area contributed by atoms with Crippen molar-refractivity contribution in [3.63, 3.8) is 0 Å². The van der Waals surface area contributed by atoms with Crippen molar-refractivity contribution in [3.8, 4) is 0 Å². The van der Waals surface area contributed by atoms with E-state index in [9.17, 15) is 4.79 Å². The van der Waals surface area contributed by atoms with E-state index in [0.29, 0.717) is 16.4 Å². The Morgan fingerprint density at radius 1 is 1.29 bits per heavy atom. The molecular formula is C13H11ClN2O. The Labute approximate surface area is 104 Å². The van der Waals surface area contributed by atoms with Crippen molar-refractivity contribution < 1.29 is 4.79 Å². The van der Waals surface area contributed by atoms with Crippen LogP contribution in [0.5, 0.6) is 0 Å². The number of pyridine rings is 1. The van der Waals surface area contributed by atoms with E-state index >= 15 is 0 Å². The van der Waals surface area contributed by atoms with Crippen LogP contribution < -0.4 is 5.73 Å². The van der Waals surface area contributed by atoms with Gasteiger partial charge in [-0.1, -0.05) is 23.7 Å². The van der Waals surface area contributed by atoms with E-state index in [4.69, 9.17) is 17.3 Å². The third kappa shape index (κ3) is 2.82. The highest BCUT2D eigenvalue weighted by Crippen LogP contribution is 2.17. The summed E-state index contributed by atoms with van der Waals surface area (Å²) in [5.41, 5.74) is 6.92. The first-order valence-electron chi connectivity index (χ1n) is 5.15. The van der Waals surface area contributed by atoms with E-state index in [1.54, 1.807) is 42.6 Å². The van der Waals surface area contributed by atoms with Crippen molar-refractivity contribution in [2.45, 2.75) is 6.42 Å². The van der Waals surface area contributed by atoms with Crippen molar-refractivity contribution in [2.75, 3.05) is 5.73 Å². The summed E-state index contributed by atoms with van der Waals surface area (Å²) in [5, 5.41) is 0.472. The van der Waals surface area contributed by atoms with Crippen molar-refractivity contribution >= 4 is 23.2 Å². The molecule has 0 atom stereocenters. The van der Waals surface area contributed by atoms with Crippen LogP contribution >= 0.6 is 11.6 Å². The second-order valence-corrected chi connectivity index (χ2v) is 4.08. The Bertz CT molecular complexity index is 555. The van der Waals surface area contributed by atoms with Gasteiger partial charge in [0.25, 0.3) is 0 Å². The molecule has 0 fully saturated rings. The Morgan fingerprint density at radius 2 is 2.06 bits per heavy atom. The highest BCUT2D eigenvalue weighted by atomic mass is 35.5. The van der Waals surface area contributed by atoms with Crippen LogP contribution in [-0.4, -0.2) is 10.8 Å². The lowest BCUT2D eigenvalue weighted by Crippen LogP contribution is -2.05. The van der Waals surface area contributed by atoms with E-state index in [2.05, 4.69) is 4.98 Å². The maximum Gasteiger partial charge on any atom is 0.168 e. The van der Waals surface area contributed by atoms with Gasteiger partial charge in [-0.15, -0.1) is 0 Å². The number of hydrogen-bond donors (Lipinski definition) is 1. The van der Waals surface area contributed by atoms with Crippen molar-refractivity contribution in [1.29, 1.82) is 0 Å². The van der Waals surface area contributed by atoms with Gasteiger partial charge in [0.15, 0.2) is 5.78 Å². The molecule has 0 radical (unpaired) electrons. The number of ketones is 1. The van der Waals surface area contributed by atoms with Crippen LogP contribution in [0.3, 0.4) is 0 Å². The highest BCUT2D eigenvalue weighted by molar-refractivity contribution is 6.34. The lowest BCUT2D eigenvalue weighted by molar-refractivity contribution is 0.0993. The highest BCUT2D eigenvalue weighted by Gasteiger charge is 2.10. The average molecular weight is 247 g/mol. The number of nitrogen functional groups attached to an aromatic ring is 1. The van der Waals surface area contributed by atoms with Gasteiger partial charge in [-0.05, 0) is 29.8 Å². The first-order chi connectivity index (χ1) is 8.16. The number of Topliss-reactive ketones (excluding diaryl/α,β-unsaturated/α-hetero) is 1. The molecular weight excluding hydrogens is 236 g/mol. The number of anilines is 1. The predicted octanol–water partition coefficient (Wildman–Crippen LogP) is 2.74. The van der Waals surface area contributed by atoms with Crippen molar-refractivity contribution in [2.24, 2.45) is 0 Å². The topological polar surface area (TPSA) is 56.0 Å². The molecule has 0 unspecified atom stereocenters. The zero-order chi connectivity index (χ0) is 12.3. The summed E-state index contributed by atoms with van der Waals surface area (Å²) in [7, 11) is 0. The molecule has 0 aliphatic rings. The molecule has 1 aromatic carbocycles. The summed E-state index contributed by atoms with van der Waals surface area (Å²) in [6.07, 6.45) is 1.86. The minimum Gasteiger partial charge on any atom is -0.384 e. The standard InChI is InChI=1S/C13H11ClN2O/c14-11-4-2-1-3-10(11)12(17)7-9-5-6-16-13(15)8-9/h1-6,8H,7H2,(H2,15,16). The molecule has 0 amide bonds. The third-order valence-corrected chi connectivity index (χ3v) is 2.71. The zero-order valence-electron chi connectivity index (χ0n) is 9.06. The fraction of sp³-hybridized carbons (Fsp3) is 0.0769. The summed E-state index contributed by atoms with van der Waals surface area (Å²) >= 11 is 5.96. The monoisotopic (exact) mass is 246 g/mol. The van der Waals surface area contributed by atoms with Crippen LogP contribution in [0.4, 0.5) is 5.82 Å². The Morgan fingerprint density at radius 3 is 2.76 bits per heavy atom. The molecule has 0 saturated heterocycles. The van der Waals surface area contributed by atoms with Crippen LogP contribution in [0.1, 0.15) is 15.9 Å². The Balaban J connectivity index is 2.20. The molecule has 2 N–H and O–H groups in total. The number of halogens is 1. The van der Waals surface area contributed by atoms with Gasteiger partial charge in [0.2, 0.25) is 0 Å². The summed E-state index contributed by atoms with van der Waals surface area (Å²) in [6.45, 7) is 0. The van der Waals surface area contributed by atoms with E-state index < -0.39 is 0 Å². The van der Waals surface area contributed by atoms with Gasteiger partial charge in [0, 0.05) is 18.2 Å². The maximum atomic E-state index is 12.0. The molecule has 4 heteroatoms. The summed E-state index contributed by atoms with van der Waals surface area (Å²) in [6, 6.07) is 10.5. The number of carbonyl (C=O) groups excluding carboxylic acids is 1. The summed E-state index contributed by atoms with van der Waals surface area (Å²) < 4.78 is 0. The first kappa shape index (κ1) is 11.6. The van der Waals surface area contributed by atoms with Gasteiger partial charge in [-0.2, -0.15) is 0 Å². The molecule has 3 nitrogen and oxygen atoms in total. The molecule has 1 aromatic heterocycles. The molecule has 0 spiro atoms. The minimum absolute atomic E-state index is 0.0267. The van der Waals surface area contributed by atoms with E-state index in [-0.39, 0.29) is 12.2 Å². The zero-order valence-corrected chi connectivity index (χ0v) is 9.82. The fourth-order valence-corrected chi connectivity index (χ4v) is 1.81. The number of carbonyl (C=O) groups is 1. The molecule has 2 aromatic rings. The lowest BCUT2D eigenvalue weighted by atomic mass is 10.0. The Hall–Kier alpha value is -1.87. The predicted molar refractivity (Wildman–Crippen MR) is 68.1 cm³/mol. The van der Waals surface area contributed by atoms with E-state index in [1.165, 1.54) is 0 Å². The number of hydrogen-bond acceptors (Lipinski definition) is 3. The van der Waals surface area contributed by atoms with Crippen molar-refractivity contribution in [1.82, 2.24) is 4.98 Å². The SMILES string of the molecule is Nc1cc(CC(=O)c2ccccc2Cl)ccn1. The lowest BCUT2D eigenvalue weighted by Gasteiger charge is -2.03. The number of nitrogens with two attached hydrogens (primary N) is 1. The molecule has 86 valence electrons. The summed E-state index contributed by atoms with van der Waals surface area (Å²) in [4.78, 5) is 15.9. The smallest absolute Gasteiger partial charge is 0.168 e. The number of benzene rings is 1. The van der Waals surface area contributed by atoms with Gasteiger partial charge >= 0.3 is 0 Å². The van der Waals surface area contributed by atoms with Crippen molar-refractivity contribution in [3.05, 3.63) is 58.7 Å². The van der Waals surface area contributed by atoms with Gasteiger partial charge < -0.3 is 5.73 Å². The first-order valence-corrected chi connectivity index (χ1v) is 5.53. The molecule has 2 rings (SSSR count). The van der Waals surface area contributed by atoms with Gasteiger partial charge in [0.1, 0.15) is 5.82 Å².